The average Bonchev–Trinajstić information content (AvgIpc) is 3.21. The highest BCUT2D eigenvalue weighted by Crippen LogP contribution is 2.34. The van der Waals surface area contributed by atoms with Crippen LogP contribution in [0.1, 0.15) is 25.3 Å². The Morgan fingerprint density at radius 3 is 2.92 bits per heavy atom. The summed E-state index contributed by atoms with van der Waals surface area (Å²) in [5, 5.41) is 10.1. The second kappa shape index (κ2) is 7.63. The second-order valence-electron chi connectivity index (χ2n) is 6.26. The number of nitrogens with zero attached hydrogens (tertiary/aromatic N) is 1. The SMILES string of the molecule is COC(=O)C1=C(C)N(C[C@H]2CCCO2)C(=O)/C1=C\c1cc(Br)ccc1O. The van der Waals surface area contributed by atoms with Crippen LogP contribution >= 0.6 is 15.9 Å². The molecule has 0 radical (unpaired) electrons. The van der Waals surface area contributed by atoms with Crippen molar-refractivity contribution >= 4 is 33.9 Å². The van der Waals surface area contributed by atoms with Crippen molar-refractivity contribution in [2.45, 2.75) is 25.9 Å². The summed E-state index contributed by atoms with van der Waals surface area (Å²) in [6, 6.07) is 4.90. The van der Waals surface area contributed by atoms with Gasteiger partial charge in [0.2, 0.25) is 0 Å². The van der Waals surface area contributed by atoms with E-state index >= 15 is 0 Å². The fraction of sp³-hybridized carbons (Fsp3) is 0.368. The van der Waals surface area contributed by atoms with E-state index in [0.29, 0.717) is 24.4 Å². The molecule has 1 saturated heterocycles. The lowest BCUT2D eigenvalue weighted by Crippen LogP contribution is -2.33. The number of allylic oxidation sites excluding steroid dienone is 1. The third-order valence-electron chi connectivity index (χ3n) is 4.60. The van der Waals surface area contributed by atoms with Gasteiger partial charge in [-0.2, -0.15) is 0 Å². The van der Waals surface area contributed by atoms with E-state index in [4.69, 9.17) is 9.47 Å². The van der Waals surface area contributed by atoms with E-state index in [9.17, 15) is 14.7 Å². The molecule has 0 aliphatic carbocycles. The number of carbonyl (C=O) groups is 2. The summed E-state index contributed by atoms with van der Waals surface area (Å²) in [7, 11) is 1.28. The first kappa shape index (κ1) is 18.7. The largest absolute Gasteiger partial charge is 0.507 e. The first-order chi connectivity index (χ1) is 12.4. The van der Waals surface area contributed by atoms with E-state index in [2.05, 4.69) is 15.9 Å². The Kier molecular flexibility index (Phi) is 5.48. The smallest absolute Gasteiger partial charge is 0.340 e. The number of rotatable bonds is 4. The van der Waals surface area contributed by atoms with Gasteiger partial charge in [-0.1, -0.05) is 15.9 Å². The first-order valence-corrected chi connectivity index (χ1v) is 9.15. The van der Waals surface area contributed by atoms with E-state index in [1.54, 1.807) is 24.0 Å². The predicted octanol–water partition coefficient (Wildman–Crippen LogP) is 3.01. The van der Waals surface area contributed by atoms with Gasteiger partial charge >= 0.3 is 5.97 Å². The molecule has 1 amide bonds. The predicted molar refractivity (Wildman–Crippen MR) is 99.2 cm³/mol. The Balaban J connectivity index is 2.02. The fourth-order valence-electron chi connectivity index (χ4n) is 3.24. The zero-order chi connectivity index (χ0) is 18.8. The minimum absolute atomic E-state index is 0.0212. The lowest BCUT2D eigenvalue weighted by molar-refractivity contribution is -0.136. The lowest BCUT2D eigenvalue weighted by Gasteiger charge is -2.21. The molecule has 26 heavy (non-hydrogen) atoms. The number of benzene rings is 1. The Morgan fingerprint density at radius 1 is 1.50 bits per heavy atom. The zero-order valence-corrected chi connectivity index (χ0v) is 16.2. The van der Waals surface area contributed by atoms with Crippen molar-refractivity contribution in [2.24, 2.45) is 0 Å². The van der Waals surface area contributed by atoms with Gasteiger partial charge in [0.25, 0.3) is 5.91 Å². The molecule has 0 spiro atoms. The molecule has 0 saturated carbocycles. The van der Waals surface area contributed by atoms with Crippen molar-refractivity contribution in [3.63, 3.8) is 0 Å². The summed E-state index contributed by atoms with van der Waals surface area (Å²) in [6.45, 7) is 2.81. The Labute approximate surface area is 160 Å². The highest BCUT2D eigenvalue weighted by molar-refractivity contribution is 9.10. The van der Waals surface area contributed by atoms with Crippen molar-refractivity contribution in [1.82, 2.24) is 4.90 Å². The Hall–Kier alpha value is -2.12. The van der Waals surface area contributed by atoms with Gasteiger partial charge in [-0.3, -0.25) is 4.79 Å². The number of carbonyl (C=O) groups excluding carboxylic acids is 2. The second-order valence-corrected chi connectivity index (χ2v) is 7.18. The molecule has 1 aromatic rings. The number of esters is 1. The first-order valence-electron chi connectivity index (χ1n) is 8.35. The molecule has 1 aromatic carbocycles. The van der Waals surface area contributed by atoms with Crippen LogP contribution in [0.15, 0.2) is 39.5 Å². The maximum atomic E-state index is 13.0. The number of ether oxygens (including phenoxy) is 2. The molecule has 0 bridgehead atoms. The minimum Gasteiger partial charge on any atom is -0.507 e. The van der Waals surface area contributed by atoms with Crippen LogP contribution in [0.4, 0.5) is 0 Å². The molecular formula is C19H20BrNO5. The highest BCUT2D eigenvalue weighted by Gasteiger charge is 2.38. The normalized spacial score (nSPS) is 21.8. The number of phenols is 1. The van der Waals surface area contributed by atoms with Crippen LogP contribution in [0, 0.1) is 0 Å². The molecule has 2 heterocycles. The third kappa shape index (κ3) is 3.54. The van der Waals surface area contributed by atoms with Gasteiger partial charge in [0.15, 0.2) is 0 Å². The van der Waals surface area contributed by atoms with Crippen LogP contribution in [-0.2, 0) is 19.1 Å². The summed E-state index contributed by atoms with van der Waals surface area (Å²) in [4.78, 5) is 26.9. The number of aromatic hydroxyl groups is 1. The molecule has 7 heteroatoms. The number of methoxy groups -OCH3 is 1. The van der Waals surface area contributed by atoms with Gasteiger partial charge in [0, 0.05) is 22.3 Å². The maximum absolute atomic E-state index is 13.0. The zero-order valence-electron chi connectivity index (χ0n) is 14.6. The molecule has 1 fully saturated rings. The van der Waals surface area contributed by atoms with Crippen molar-refractivity contribution in [3.8, 4) is 5.75 Å². The average molecular weight is 422 g/mol. The molecule has 0 unspecified atom stereocenters. The van der Waals surface area contributed by atoms with Crippen LogP contribution < -0.4 is 0 Å². The lowest BCUT2D eigenvalue weighted by atomic mass is 10.0. The fourth-order valence-corrected chi connectivity index (χ4v) is 3.62. The molecular weight excluding hydrogens is 402 g/mol. The standard InChI is InChI=1S/C19H20BrNO5/c1-11-17(19(24)25-2)15(9-12-8-13(20)5-6-16(12)22)18(23)21(11)10-14-4-3-7-26-14/h5-6,8-9,14,22H,3-4,7,10H2,1-2H3/b15-9-/t14-/m1/s1. The number of hydrogen-bond donors (Lipinski definition) is 1. The van der Waals surface area contributed by atoms with Crippen molar-refractivity contribution < 1.29 is 24.2 Å². The molecule has 3 rings (SSSR count). The summed E-state index contributed by atoms with van der Waals surface area (Å²) in [5.74, 6) is -0.850. The van der Waals surface area contributed by atoms with E-state index in [1.165, 1.54) is 19.3 Å². The highest BCUT2D eigenvalue weighted by atomic mass is 79.9. The van der Waals surface area contributed by atoms with Crippen molar-refractivity contribution in [1.29, 1.82) is 0 Å². The topological polar surface area (TPSA) is 76.1 Å². The summed E-state index contributed by atoms with van der Waals surface area (Å²) >= 11 is 3.34. The molecule has 2 aliphatic heterocycles. The van der Waals surface area contributed by atoms with Gasteiger partial charge in [0.1, 0.15) is 5.75 Å². The molecule has 6 nitrogen and oxygen atoms in total. The van der Waals surface area contributed by atoms with Crippen LogP contribution in [0.3, 0.4) is 0 Å². The summed E-state index contributed by atoms with van der Waals surface area (Å²) in [5.41, 5.74) is 1.41. The van der Waals surface area contributed by atoms with Crippen molar-refractivity contribution in [3.05, 3.63) is 45.1 Å². The van der Waals surface area contributed by atoms with E-state index in [-0.39, 0.29) is 28.9 Å². The number of amides is 1. The third-order valence-corrected chi connectivity index (χ3v) is 5.09. The summed E-state index contributed by atoms with van der Waals surface area (Å²) in [6.07, 6.45) is 3.34. The van der Waals surface area contributed by atoms with E-state index < -0.39 is 5.97 Å². The van der Waals surface area contributed by atoms with Crippen LogP contribution in [0.25, 0.3) is 6.08 Å². The van der Waals surface area contributed by atoms with E-state index in [0.717, 1.165) is 17.3 Å². The molecule has 2 aliphatic rings. The summed E-state index contributed by atoms with van der Waals surface area (Å²) < 4.78 is 11.3. The van der Waals surface area contributed by atoms with Crippen LogP contribution in [-0.4, -0.2) is 48.2 Å². The monoisotopic (exact) mass is 421 g/mol. The number of hydrogen-bond acceptors (Lipinski definition) is 5. The molecule has 0 aromatic heterocycles. The Bertz CT molecular complexity index is 808. The number of halogens is 1. The maximum Gasteiger partial charge on any atom is 0.340 e. The van der Waals surface area contributed by atoms with Gasteiger partial charge in [-0.15, -0.1) is 0 Å². The van der Waals surface area contributed by atoms with Crippen LogP contribution in [0.2, 0.25) is 0 Å². The van der Waals surface area contributed by atoms with Crippen LogP contribution in [0.5, 0.6) is 5.75 Å². The molecule has 1 atom stereocenters. The number of phenolic OH excluding ortho intramolecular Hbond substituents is 1. The van der Waals surface area contributed by atoms with E-state index in [1.807, 2.05) is 0 Å². The van der Waals surface area contributed by atoms with Gasteiger partial charge < -0.3 is 19.5 Å². The van der Waals surface area contributed by atoms with Crippen molar-refractivity contribution in [2.75, 3.05) is 20.3 Å². The molecule has 138 valence electrons. The molecule has 1 N–H and O–H groups in total. The van der Waals surface area contributed by atoms with Gasteiger partial charge in [-0.05, 0) is 44.0 Å². The van der Waals surface area contributed by atoms with Gasteiger partial charge in [-0.25, -0.2) is 4.79 Å². The Morgan fingerprint density at radius 2 is 2.27 bits per heavy atom. The van der Waals surface area contributed by atoms with Gasteiger partial charge in [0.05, 0.1) is 30.9 Å². The minimum atomic E-state index is -0.577. The quantitative estimate of drug-likeness (QED) is 0.597.